The van der Waals surface area contributed by atoms with Crippen molar-refractivity contribution in [1.82, 2.24) is 5.32 Å². The van der Waals surface area contributed by atoms with Crippen molar-refractivity contribution < 1.29 is 9.18 Å². The fourth-order valence-corrected chi connectivity index (χ4v) is 3.51. The predicted octanol–water partition coefficient (Wildman–Crippen LogP) is 1.95. The molecule has 4 nitrogen and oxygen atoms in total. The van der Waals surface area contributed by atoms with Gasteiger partial charge in [0.1, 0.15) is 5.82 Å². The summed E-state index contributed by atoms with van der Waals surface area (Å²) in [6, 6.07) is 4.96. The van der Waals surface area contributed by atoms with Gasteiger partial charge in [0.25, 0.3) is 0 Å². The van der Waals surface area contributed by atoms with Crippen molar-refractivity contribution >= 4 is 11.6 Å². The summed E-state index contributed by atoms with van der Waals surface area (Å²) in [6.45, 7) is 3.65. The maximum Gasteiger partial charge on any atom is 0.220 e. The lowest BCUT2D eigenvalue weighted by Crippen LogP contribution is -2.54. The molecule has 2 aliphatic heterocycles. The number of carbonyl (C=O) groups is 1. The van der Waals surface area contributed by atoms with Gasteiger partial charge in [0.2, 0.25) is 5.91 Å². The van der Waals surface area contributed by atoms with E-state index in [1.165, 1.54) is 12.1 Å². The van der Waals surface area contributed by atoms with E-state index in [0.717, 1.165) is 37.2 Å². The number of amides is 1. The molecular weight excluding hydrogens is 269 g/mol. The van der Waals surface area contributed by atoms with Crippen LogP contribution < -0.4 is 16.0 Å². The van der Waals surface area contributed by atoms with Gasteiger partial charge in [-0.1, -0.05) is 0 Å². The number of rotatable bonds is 2. The van der Waals surface area contributed by atoms with Gasteiger partial charge in [-0.15, -0.1) is 0 Å². The van der Waals surface area contributed by atoms with Gasteiger partial charge in [0.05, 0.1) is 0 Å². The van der Waals surface area contributed by atoms with Gasteiger partial charge in [-0.2, -0.15) is 0 Å². The van der Waals surface area contributed by atoms with Crippen LogP contribution in [-0.2, 0) is 4.79 Å². The van der Waals surface area contributed by atoms with E-state index in [1.54, 1.807) is 0 Å². The number of halogens is 1. The molecule has 0 radical (unpaired) electrons. The molecular formula is C16H22FN3O. The van der Waals surface area contributed by atoms with Crippen LogP contribution in [0.4, 0.5) is 10.1 Å². The fourth-order valence-electron chi connectivity index (χ4n) is 3.51. The molecule has 0 bridgehead atoms. The number of piperidine rings is 2. The van der Waals surface area contributed by atoms with Crippen LogP contribution in [0.3, 0.4) is 0 Å². The van der Waals surface area contributed by atoms with E-state index in [9.17, 15) is 9.18 Å². The van der Waals surface area contributed by atoms with Gasteiger partial charge in [-0.05, 0) is 49.4 Å². The largest absolute Gasteiger partial charge is 0.371 e. The van der Waals surface area contributed by atoms with Crippen molar-refractivity contribution in [2.75, 3.05) is 18.0 Å². The number of anilines is 1. The minimum absolute atomic E-state index is 0.169. The Kier molecular flexibility index (Phi) is 3.85. The summed E-state index contributed by atoms with van der Waals surface area (Å²) in [7, 11) is 0. The molecule has 3 rings (SSSR count). The molecule has 2 unspecified atom stereocenters. The molecule has 0 aromatic heterocycles. The summed E-state index contributed by atoms with van der Waals surface area (Å²) in [5.41, 5.74) is 7.87. The average molecular weight is 291 g/mol. The van der Waals surface area contributed by atoms with Crippen LogP contribution in [0.25, 0.3) is 0 Å². The summed E-state index contributed by atoms with van der Waals surface area (Å²) >= 11 is 0. The van der Waals surface area contributed by atoms with Crippen molar-refractivity contribution in [3.05, 3.63) is 29.6 Å². The Labute approximate surface area is 124 Å². The maximum absolute atomic E-state index is 13.5. The molecule has 3 N–H and O–H groups in total. The first-order chi connectivity index (χ1) is 10.0. The second-order valence-electron chi connectivity index (χ2n) is 6.20. The molecule has 5 heteroatoms. The number of nitrogens with two attached hydrogens (primary N) is 1. The number of hydrogen-bond acceptors (Lipinski definition) is 3. The fraction of sp³-hybridized carbons (Fsp3) is 0.562. The van der Waals surface area contributed by atoms with Gasteiger partial charge < -0.3 is 16.0 Å². The normalized spacial score (nSPS) is 27.0. The van der Waals surface area contributed by atoms with Crippen molar-refractivity contribution in [1.29, 1.82) is 0 Å². The van der Waals surface area contributed by atoms with E-state index in [1.807, 2.05) is 13.0 Å². The van der Waals surface area contributed by atoms with Gasteiger partial charge in [0.15, 0.2) is 0 Å². The van der Waals surface area contributed by atoms with E-state index in [2.05, 4.69) is 10.2 Å². The number of carbonyl (C=O) groups excluding carboxylic acids is 1. The van der Waals surface area contributed by atoms with Crippen LogP contribution in [0.2, 0.25) is 0 Å². The summed E-state index contributed by atoms with van der Waals surface area (Å²) < 4.78 is 13.5. The Morgan fingerprint density at radius 2 is 2.24 bits per heavy atom. The van der Waals surface area contributed by atoms with Crippen molar-refractivity contribution in [2.24, 2.45) is 11.7 Å². The molecule has 0 saturated carbocycles. The number of nitrogens with one attached hydrogen (secondary N) is 1. The molecule has 2 heterocycles. The zero-order valence-electron chi connectivity index (χ0n) is 12.3. The number of fused-ring (bicyclic) bond motifs is 1. The highest BCUT2D eigenvalue weighted by Crippen LogP contribution is 2.32. The van der Waals surface area contributed by atoms with Crippen molar-refractivity contribution in [2.45, 2.75) is 38.3 Å². The summed E-state index contributed by atoms with van der Waals surface area (Å²) in [6.07, 6.45) is 2.48. The zero-order chi connectivity index (χ0) is 15.0. The van der Waals surface area contributed by atoms with Crippen LogP contribution in [-0.4, -0.2) is 25.0 Å². The first-order valence-electron chi connectivity index (χ1n) is 7.64. The van der Waals surface area contributed by atoms with Gasteiger partial charge in [0, 0.05) is 37.3 Å². The molecule has 2 fully saturated rings. The first-order valence-corrected chi connectivity index (χ1v) is 7.64. The molecule has 0 spiro atoms. The summed E-state index contributed by atoms with van der Waals surface area (Å²) in [5.74, 6) is 0.399. The average Bonchev–Trinajstić information content (AvgIpc) is 2.46. The standard InChI is InChI=1S/C16H22FN3O/c1-10(18)13-8-12(17)3-4-15(13)20-7-6-14-11(9-20)2-5-16(21)19-14/h3-4,8,10-11,14H,2,5-7,9,18H2,1H3,(H,19,21)/t10-,11?,14?/m0/s1. The second-order valence-corrected chi connectivity index (χ2v) is 6.20. The zero-order valence-corrected chi connectivity index (χ0v) is 12.3. The van der Waals surface area contributed by atoms with Crippen LogP contribution in [0.5, 0.6) is 0 Å². The highest BCUT2D eigenvalue weighted by molar-refractivity contribution is 5.77. The van der Waals surface area contributed by atoms with E-state index < -0.39 is 0 Å². The van der Waals surface area contributed by atoms with Crippen LogP contribution >= 0.6 is 0 Å². The number of benzene rings is 1. The lowest BCUT2D eigenvalue weighted by Gasteiger charge is -2.43. The summed E-state index contributed by atoms with van der Waals surface area (Å²) in [4.78, 5) is 13.8. The van der Waals surface area contributed by atoms with E-state index in [0.29, 0.717) is 18.4 Å². The van der Waals surface area contributed by atoms with Crippen molar-refractivity contribution in [3.63, 3.8) is 0 Å². The monoisotopic (exact) mass is 291 g/mol. The molecule has 114 valence electrons. The Hall–Kier alpha value is -1.62. The summed E-state index contributed by atoms with van der Waals surface area (Å²) in [5, 5.41) is 3.09. The predicted molar refractivity (Wildman–Crippen MR) is 80.5 cm³/mol. The molecule has 1 aromatic rings. The van der Waals surface area contributed by atoms with E-state index in [4.69, 9.17) is 5.73 Å². The number of hydrogen-bond donors (Lipinski definition) is 2. The van der Waals surface area contributed by atoms with Gasteiger partial charge in [-0.25, -0.2) is 4.39 Å². The molecule has 2 saturated heterocycles. The van der Waals surface area contributed by atoms with Crippen molar-refractivity contribution in [3.8, 4) is 0 Å². The third kappa shape index (κ3) is 2.88. The lowest BCUT2D eigenvalue weighted by atomic mass is 9.84. The van der Waals surface area contributed by atoms with E-state index in [-0.39, 0.29) is 17.8 Å². The molecule has 21 heavy (non-hydrogen) atoms. The smallest absolute Gasteiger partial charge is 0.220 e. The maximum atomic E-state index is 13.5. The van der Waals surface area contributed by atoms with Crippen LogP contribution in [0.15, 0.2) is 18.2 Å². The Balaban J connectivity index is 1.81. The van der Waals surface area contributed by atoms with Crippen LogP contribution in [0.1, 0.15) is 37.8 Å². The van der Waals surface area contributed by atoms with Gasteiger partial charge in [-0.3, -0.25) is 4.79 Å². The molecule has 2 aliphatic rings. The minimum Gasteiger partial charge on any atom is -0.371 e. The Bertz CT molecular complexity index is 546. The van der Waals surface area contributed by atoms with Gasteiger partial charge >= 0.3 is 0 Å². The number of nitrogens with zero attached hydrogens (tertiary/aromatic N) is 1. The molecule has 0 aliphatic carbocycles. The SMILES string of the molecule is C[C@H](N)c1cc(F)ccc1N1CCC2NC(=O)CCC2C1. The Morgan fingerprint density at radius 3 is 3.00 bits per heavy atom. The quantitative estimate of drug-likeness (QED) is 0.875. The lowest BCUT2D eigenvalue weighted by molar-refractivity contribution is -0.124. The van der Waals surface area contributed by atoms with E-state index >= 15 is 0 Å². The topological polar surface area (TPSA) is 58.4 Å². The Morgan fingerprint density at radius 1 is 1.43 bits per heavy atom. The minimum atomic E-state index is -0.245. The second kappa shape index (κ2) is 5.64. The highest BCUT2D eigenvalue weighted by Gasteiger charge is 2.34. The third-order valence-corrected chi connectivity index (χ3v) is 4.64. The molecule has 1 aromatic carbocycles. The first kappa shape index (κ1) is 14.3. The third-order valence-electron chi connectivity index (χ3n) is 4.64. The van der Waals surface area contributed by atoms with Crippen LogP contribution in [0, 0.1) is 11.7 Å². The molecule has 3 atom stereocenters. The highest BCUT2D eigenvalue weighted by atomic mass is 19.1. The molecule has 1 amide bonds.